The minimum absolute atomic E-state index is 0.466. The van der Waals surface area contributed by atoms with E-state index in [9.17, 15) is 0 Å². The van der Waals surface area contributed by atoms with Crippen molar-refractivity contribution in [2.75, 3.05) is 0 Å². The van der Waals surface area contributed by atoms with Gasteiger partial charge in [-0.2, -0.15) is 0 Å². The molecule has 15 heavy (non-hydrogen) atoms. The van der Waals surface area contributed by atoms with Gasteiger partial charge in [-0.1, -0.05) is 29.3 Å². The summed E-state index contributed by atoms with van der Waals surface area (Å²) >= 11 is 11.7. The van der Waals surface area contributed by atoms with E-state index in [1.54, 1.807) is 6.07 Å². The first kappa shape index (κ1) is 10.8. The van der Waals surface area contributed by atoms with Crippen molar-refractivity contribution in [1.82, 2.24) is 0 Å². The van der Waals surface area contributed by atoms with Gasteiger partial charge in [-0.25, -0.2) is 0 Å². The molecule has 0 spiro atoms. The van der Waals surface area contributed by atoms with Crippen molar-refractivity contribution in [1.29, 1.82) is 0 Å². The molecule has 1 aromatic rings. The van der Waals surface area contributed by atoms with Crippen LogP contribution in [0.1, 0.15) is 18.4 Å². The maximum Gasteiger partial charge on any atom is 0.0984 e. The Morgan fingerprint density at radius 3 is 2.67 bits per heavy atom. The van der Waals surface area contributed by atoms with Crippen LogP contribution >= 0.6 is 23.2 Å². The van der Waals surface area contributed by atoms with Crippen molar-refractivity contribution in [2.45, 2.75) is 25.3 Å². The Balaban J connectivity index is 2.06. The van der Waals surface area contributed by atoms with Gasteiger partial charge in [0, 0.05) is 6.42 Å². The van der Waals surface area contributed by atoms with E-state index >= 15 is 0 Å². The van der Waals surface area contributed by atoms with Gasteiger partial charge in [-0.05, 0) is 30.5 Å². The fourth-order valence-corrected chi connectivity index (χ4v) is 1.66. The molecular weight excluding hydrogens is 231 g/mol. The lowest BCUT2D eigenvalue weighted by Crippen LogP contribution is -2.15. The molecular formula is C11H12Cl2N2. The minimum Gasteiger partial charge on any atom is -0.387 e. The first-order valence-electron chi connectivity index (χ1n) is 4.91. The van der Waals surface area contributed by atoms with Crippen LogP contribution < -0.4 is 5.73 Å². The molecule has 2 nitrogen and oxygen atoms in total. The maximum absolute atomic E-state index is 5.90. The van der Waals surface area contributed by atoms with E-state index in [2.05, 4.69) is 4.99 Å². The van der Waals surface area contributed by atoms with E-state index in [1.165, 1.54) is 12.8 Å². The van der Waals surface area contributed by atoms with Gasteiger partial charge in [0.1, 0.15) is 0 Å². The van der Waals surface area contributed by atoms with Gasteiger partial charge in [0.05, 0.1) is 21.9 Å². The van der Waals surface area contributed by atoms with Gasteiger partial charge in [0.15, 0.2) is 0 Å². The lowest BCUT2D eigenvalue weighted by atomic mass is 10.1. The Hall–Kier alpha value is -0.730. The summed E-state index contributed by atoms with van der Waals surface area (Å²) in [7, 11) is 0. The summed E-state index contributed by atoms with van der Waals surface area (Å²) in [6, 6.07) is 6.00. The number of benzene rings is 1. The SMILES string of the molecule is NC(Cc1ccc(Cl)c(Cl)c1)=NC1CC1. The van der Waals surface area contributed by atoms with Crippen molar-refractivity contribution in [2.24, 2.45) is 10.7 Å². The molecule has 0 aromatic heterocycles. The molecule has 0 aliphatic heterocycles. The third-order valence-electron chi connectivity index (χ3n) is 2.26. The van der Waals surface area contributed by atoms with E-state index in [-0.39, 0.29) is 0 Å². The standard InChI is InChI=1S/C11H12Cl2N2/c12-9-4-1-7(5-10(9)13)6-11(14)15-8-2-3-8/h1,4-5,8H,2-3,6H2,(H2,14,15). The highest BCUT2D eigenvalue weighted by Gasteiger charge is 2.20. The number of nitrogens with two attached hydrogens (primary N) is 1. The lowest BCUT2D eigenvalue weighted by molar-refractivity contribution is 1.04. The molecule has 1 aromatic carbocycles. The molecule has 4 heteroatoms. The first-order valence-corrected chi connectivity index (χ1v) is 5.67. The van der Waals surface area contributed by atoms with Crippen LogP contribution in [-0.2, 0) is 6.42 Å². The minimum atomic E-state index is 0.466. The number of halogens is 2. The zero-order chi connectivity index (χ0) is 10.8. The van der Waals surface area contributed by atoms with Crippen LogP contribution in [0.3, 0.4) is 0 Å². The molecule has 2 rings (SSSR count). The molecule has 0 atom stereocenters. The van der Waals surface area contributed by atoms with Gasteiger partial charge in [0.2, 0.25) is 0 Å². The van der Waals surface area contributed by atoms with E-state index < -0.39 is 0 Å². The third kappa shape index (κ3) is 3.11. The summed E-state index contributed by atoms with van der Waals surface area (Å²) in [4.78, 5) is 4.35. The van der Waals surface area contributed by atoms with Crippen molar-refractivity contribution in [3.8, 4) is 0 Å². The fraction of sp³-hybridized carbons (Fsp3) is 0.364. The highest BCUT2D eigenvalue weighted by Crippen LogP contribution is 2.25. The van der Waals surface area contributed by atoms with Crippen LogP contribution in [0, 0.1) is 0 Å². The average molecular weight is 243 g/mol. The van der Waals surface area contributed by atoms with Crippen LogP contribution in [0.15, 0.2) is 23.2 Å². The Kier molecular flexibility index (Phi) is 3.17. The Morgan fingerprint density at radius 1 is 1.33 bits per heavy atom. The van der Waals surface area contributed by atoms with Crippen LogP contribution in [0.5, 0.6) is 0 Å². The zero-order valence-electron chi connectivity index (χ0n) is 8.21. The number of hydrogen-bond donors (Lipinski definition) is 1. The van der Waals surface area contributed by atoms with E-state index in [4.69, 9.17) is 28.9 Å². The number of rotatable bonds is 3. The predicted octanol–water partition coefficient (Wildman–Crippen LogP) is 3.06. The third-order valence-corrected chi connectivity index (χ3v) is 3.00. The topological polar surface area (TPSA) is 38.4 Å². The number of aliphatic imine (C=N–C) groups is 1. The molecule has 0 amide bonds. The van der Waals surface area contributed by atoms with E-state index in [1.807, 2.05) is 12.1 Å². The molecule has 80 valence electrons. The van der Waals surface area contributed by atoms with Gasteiger partial charge < -0.3 is 5.73 Å². The molecule has 0 unspecified atom stereocenters. The summed E-state index contributed by atoms with van der Waals surface area (Å²) in [5.41, 5.74) is 6.86. The van der Waals surface area contributed by atoms with E-state index in [0.29, 0.717) is 28.3 Å². The van der Waals surface area contributed by atoms with Crippen molar-refractivity contribution >= 4 is 29.0 Å². The molecule has 1 saturated carbocycles. The van der Waals surface area contributed by atoms with Crippen molar-refractivity contribution in [3.63, 3.8) is 0 Å². The molecule has 1 aliphatic rings. The van der Waals surface area contributed by atoms with Crippen molar-refractivity contribution < 1.29 is 0 Å². The fourth-order valence-electron chi connectivity index (χ4n) is 1.34. The molecule has 0 radical (unpaired) electrons. The maximum atomic E-state index is 5.90. The summed E-state index contributed by atoms with van der Waals surface area (Å²) < 4.78 is 0. The second-order valence-corrected chi connectivity index (χ2v) is 4.59. The van der Waals surface area contributed by atoms with Crippen LogP contribution in [0.25, 0.3) is 0 Å². The van der Waals surface area contributed by atoms with Gasteiger partial charge in [-0.15, -0.1) is 0 Å². The largest absolute Gasteiger partial charge is 0.387 e. The summed E-state index contributed by atoms with van der Waals surface area (Å²) in [5, 5.41) is 1.13. The summed E-state index contributed by atoms with van der Waals surface area (Å²) in [6.07, 6.45) is 2.98. The van der Waals surface area contributed by atoms with Gasteiger partial charge in [0.25, 0.3) is 0 Å². The Morgan fingerprint density at radius 2 is 2.07 bits per heavy atom. The lowest BCUT2D eigenvalue weighted by Gasteiger charge is -2.03. The second-order valence-electron chi connectivity index (χ2n) is 3.78. The Bertz CT molecular complexity index is 398. The number of amidine groups is 1. The summed E-state index contributed by atoms with van der Waals surface area (Å²) in [5.74, 6) is 0.677. The average Bonchev–Trinajstić information content (AvgIpc) is 2.95. The van der Waals surface area contributed by atoms with Crippen LogP contribution in [-0.4, -0.2) is 11.9 Å². The zero-order valence-corrected chi connectivity index (χ0v) is 9.72. The first-order chi connectivity index (χ1) is 7.15. The summed E-state index contributed by atoms with van der Waals surface area (Å²) in [6.45, 7) is 0. The molecule has 0 saturated heterocycles. The quantitative estimate of drug-likeness (QED) is 0.643. The van der Waals surface area contributed by atoms with Crippen LogP contribution in [0.4, 0.5) is 0 Å². The molecule has 0 heterocycles. The normalized spacial score (nSPS) is 16.8. The van der Waals surface area contributed by atoms with Crippen LogP contribution in [0.2, 0.25) is 10.0 Å². The number of nitrogens with zero attached hydrogens (tertiary/aromatic N) is 1. The molecule has 1 fully saturated rings. The monoisotopic (exact) mass is 242 g/mol. The molecule has 1 aliphatic carbocycles. The number of hydrogen-bond acceptors (Lipinski definition) is 1. The smallest absolute Gasteiger partial charge is 0.0984 e. The second kappa shape index (κ2) is 4.42. The van der Waals surface area contributed by atoms with E-state index in [0.717, 1.165) is 5.56 Å². The van der Waals surface area contributed by atoms with Crippen molar-refractivity contribution in [3.05, 3.63) is 33.8 Å². The molecule has 2 N–H and O–H groups in total. The highest BCUT2D eigenvalue weighted by atomic mass is 35.5. The van der Waals surface area contributed by atoms with Gasteiger partial charge in [-0.3, -0.25) is 4.99 Å². The highest BCUT2D eigenvalue weighted by molar-refractivity contribution is 6.42. The molecule has 0 bridgehead atoms. The predicted molar refractivity (Wildman–Crippen MR) is 64.8 cm³/mol. The van der Waals surface area contributed by atoms with Gasteiger partial charge >= 0.3 is 0 Å². The Labute approximate surface area is 99.1 Å².